The molecule has 1 aromatic carbocycles. The zero-order valence-electron chi connectivity index (χ0n) is 11.0. The number of hydrogen-bond acceptors (Lipinski definition) is 3. The van der Waals surface area contributed by atoms with E-state index >= 15 is 0 Å². The van der Waals surface area contributed by atoms with Crippen LogP contribution in [0.5, 0.6) is 0 Å². The molecule has 0 bridgehead atoms. The minimum atomic E-state index is -0.614. The Kier molecular flexibility index (Phi) is 4.29. The van der Waals surface area contributed by atoms with E-state index in [0.29, 0.717) is 11.3 Å². The van der Waals surface area contributed by atoms with Gasteiger partial charge in [0.25, 0.3) is 0 Å². The van der Waals surface area contributed by atoms with Crippen LogP contribution in [0.15, 0.2) is 12.1 Å². The highest BCUT2D eigenvalue weighted by Gasteiger charge is 2.17. The third-order valence-electron chi connectivity index (χ3n) is 2.15. The van der Waals surface area contributed by atoms with Crippen molar-refractivity contribution in [1.29, 1.82) is 0 Å². The molecule has 0 saturated heterocycles. The van der Waals surface area contributed by atoms with Gasteiger partial charge in [-0.3, -0.25) is 5.32 Å². The second-order valence-electron chi connectivity index (χ2n) is 5.05. The Balaban J connectivity index is 2.86. The van der Waals surface area contributed by atoms with Crippen molar-refractivity contribution in [3.05, 3.63) is 29.1 Å². The van der Waals surface area contributed by atoms with Crippen LogP contribution in [0.2, 0.25) is 0 Å². The summed E-state index contributed by atoms with van der Waals surface area (Å²) in [7, 11) is 0. The fourth-order valence-electron chi connectivity index (χ4n) is 1.45. The number of carbonyl (C=O) groups is 1. The maximum absolute atomic E-state index is 13.5. The first kappa shape index (κ1) is 14.4. The lowest BCUT2D eigenvalue weighted by atomic mass is 10.1. The highest BCUT2D eigenvalue weighted by molar-refractivity contribution is 5.85. The Bertz CT molecular complexity index is 452. The van der Waals surface area contributed by atoms with E-state index in [-0.39, 0.29) is 5.56 Å². The first-order valence-corrected chi connectivity index (χ1v) is 5.63. The van der Waals surface area contributed by atoms with E-state index < -0.39 is 24.1 Å². The van der Waals surface area contributed by atoms with Gasteiger partial charge in [0, 0.05) is 11.3 Å². The number of benzene rings is 1. The lowest BCUT2D eigenvalue weighted by Gasteiger charge is -2.20. The molecule has 5 heteroatoms. The Morgan fingerprint density at radius 3 is 2.56 bits per heavy atom. The summed E-state index contributed by atoms with van der Waals surface area (Å²) in [4.78, 5) is 11.5. The molecule has 0 aromatic heterocycles. The van der Waals surface area contributed by atoms with E-state index in [1.165, 1.54) is 12.1 Å². The van der Waals surface area contributed by atoms with Gasteiger partial charge in [-0.05, 0) is 45.4 Å². The number of carbonyl (C=O) groups excluding carboxylic acids is 1. The van der Waals surface area contributed by atoms with Crippen molar-refractivity contribution in [3.63, 3.8) is 0 Å². The molecule has 1 rings (SSSR count). The molecule has 0 heterocycles. The number of aryl methyl sites for hydroxylation is 1. The van der Waals surface area contributed by atoms with Crippen LogP contribution in [0.3, 0.4) is 0 Å². The molecule has 100 valence electrons. The quantitative estimate of drug-likeness (QED) is 0.854. The number of halogens is 1. The number of ether oxygens (including phenoxy) is 1. The van der Waals surface area contributed by atoms with Crippen LogP contribution in [0.4, 0.5) is 14.9 Å². The predicted molar refractivity (Wildman–Crippen MR) is 66.9 cm³/mol. The Hall–Kier alpha value is -1.62. The summed E-state index contributed by atoms with van der Waals surface area (Å²) in [5.41, 5.74) is 0.291. The van der Waals surface area contributed by atoms with Gasteiger partial charge in [-0.2, -0.15) is 0 Å². The predicted octanol–water partition coefficient (Wildman–Crippen LogP) is 2.97. The minimum Gasteiger partial charge on any atom is -0.444 e. The topological polar surface area (TPSA) is 58.6 Å². The Labute approximate surface area is 106 Å². The maximum atomic E-state index is 13.5. The lowest BCUT2D eigenvalue weighted by molar-refractivity contribution is 0.0636. The molecule has 0 aliphatic rings. The summed E-state index contributed by atoms with van der Waals surface area (Å²) < 4.78 is 18.6. The molecule has 0 spiro atoms. The Morgan fingerprint density at radius 1 is 1.44 bits per heavy atom. The molecule has 0 atom stereocenters. The number of hydrogen-bond donors (Lipinski definition) is 2. The van der Waals surface area contributed by atoms with Crippen LogP contribution < -0.4 is 5.32 Å². The van der Waals surface area contributed by atoms with Crippen LogP contribution in [0.1, 0.15) is 31.9 Å². The largest absolute Gasteiger partial charge is 0.444 e. The molecule has 2 N–H and O–H groups in total. The minimum absolute atomic E-state index is 0.140. The molecule has 18 heavy (non-hydrogen) atoms. The van der Waals surface area contributed by atoms with Gasteiger partial charge < -0.3 is 9.84 Å². The van der Waals surface area contributed by atoms with Crippen LogP contribution in [-0.4, -0.2) is 16.8 Å². The summed E-state index contributed by atoms with van der Waals surface area (Å²) in [6.07, 6.45) is -0.614. The third kappa shape index (κ3) is 4.00. The number of rotatable bonds is 2. The zero-order chi connectivity index (χ0) is 13.9. The summed E-state index contributed by atoms with van der Waals surface area (Å²) in [5.74, 6) is -0.466. The van der Waals surface area contributed by atoms with Crippen molar-refractivity contribution in [2.45, 2.75) is 39.9 Å². The smallest absolute Gasteiger partial charge is 0.412 e. The van der Waals surface area contributed by atoms with Gasteiger partial charge in [0.05, 0.1) is 6.61 Å². The second-order valence-corrected chi connectivity index (χ2v) is 5.05. The van der Waals surface area contributed by atoms with E-state index in [0.717, 1.165) is 0 Å². The number of aliphatic hydroxyl groups is 1. The van der Waals surface area contributed by atoms with E-state index in [1.54, 1.807) is 27.7 Å². The molecule has 0 saturated carbocycles. The third-order valence-corrected chi connectivity index (χ3v) is 2.15. The molecule has 1 amide bonds. The van der Waals surface area contributed by atoms with Crippen LogP contribution in [0.25, 0.3) is 0 Å². The van der Waals surface area contributed by atoms with E-state index in [2.05, 4.69) is 5.32 Å². The Morgan fingerprint density at radius 2 is 2.06 bits per heavy atom. The SMILES string of the molecule is Cc1cc(NC(=O)OC(C)(C)C)cc(CO)c1F. The van der Waals surface area contributed by atoms with Crippen LogP contribution in [-0.2, 0) is 11.3 Å². The van der Waals surface area contributed by atoms with Crippen molar-refractivity contribution in [2.75, 3.05) is 5.32 Å². The zero-order valence-corrected chi connectivity index (χ0v) is 11.0. The van der Waals surface area contributed by atoms with Gasteiger partial charge in [0.1, 0.15) is 11.4 Å². The monoisotopic (exact) mass is 255 g/mol. The standard InChI is InChI=1S/C13H18FNO3/c1-8-5-10(6-9(7-16)11(8)14)15-12(17)18-13(2,3)4/h5-6,16H,7H2,1-4H3,(H,15,17). The molecule has 0 aliphatic heterocycles. The maximum Gasteiger partial charge on any atom is 0.412 e. The first-order chi connectivity index (χ1) is 8.23. The van der Waals surface area contributed by atoms with Gasteiger partial charge in [-0.25, -0.2) is 9.18 Å². The number of nitrogens with one attached hydrogen (secondary N) is 1. The summed E-state index contributed by atoms with van der Waals surface area (Å²) in [6, 6.07) is 2.87. The molecule has 0 fully saturated rings. The second kappa shape index (κ2) is 5.35. The number of aliphatic hydroxyl groups excluding tert-OH is 1. The van der Waals surface area contributed by atoms with Gasteiger partial charge in [0.15, 0.2) is 0 Å². The van der Waals surface area contributed by atoms with Gasteiger partial charge >= 0.3 is 6.09 Å². The fourth-order valence-corrected chi connectivity index (χ4v) is 1.45. The average Bonchev–Trinajstić information content (AvgIpc) is 2.20. The molecule has 0 unspecified atom stereocenters. The van der Waals surface area contributed by atoms with Gasteiger partial charge in [-0.1, -0.05) is 0 Å². The number of amides is 1. The number of anilines is 1. The van der Waals surface area contributed by atoms with E-state index in [1.807, 2.05) is 0 Å². The van der Waals surface area contributed by atoms with E-state index in [4.69, 9.17) is 9.84 Å². The highest BCUT2D eigenvalue weighted by atomic mass is 19.1. The van der Waals surface area contributed by atoms with Crippen molar-refractivity contribution in [3.8, 4) is 0 Å². The summed E-state index contributed by atoms with van der Waals surface area (Å²) in [5, 5.41) is 11.5. The molecule has 1 aromatic rings. The molecular formula is C13H18FNO3. The normalized spacial score (nSPS) is 11.2. The average molecular weight is 255 g/mol. The van der Waals surface area contributed by atoms with E-state index in [9.17, 15) is 9.18 Å². The van der Waals surface area contributed by atoms with Gasteiger partial charge in [0.2, 0.25) is 0 Å². The summed E-state index contributed by atoms with van der Waals surface area (Å²) >= 11 is 0. The first-order valence-electron chi connectivity index (χ1n) is 5.63. The molecule has 4 nitrogen and oxygen atoms in total. The van der Waals surface area contributed by atoms with Crippen molar-refractivity contribution in [1.82, 2.24) is 0 Å². The molecule has 0 aliphatic carbocycles. The molecule has 0 radical (unpaired) electrons. The van der Waals surface area contributed by atoms with Gasteiger partial charge in [-0.15, -0.1) is 0 Å². The highest BCUT2D eigenvalue weighted by Crippen LogP contribution is 2.20. The van der Waals surface area contributed by atoms with Crippen LogP contribution >= 0.6 is 0 Å². The van der Waals surface area contributed by atoms with Crippen molar-refractivity contribution >= 4 is 11.8 Å². The fraction of sp³-hybridized carbons (Fsp3) is 0.462. The lowest BCUT2D eigenvalue weighted by Crippen LogP contribution is -2.27. The van der Waals surface area contributed by atoms with Crippen LogP contribution in [0, 0.1) is 12.7 Å². The molecular weight excluding hydrogens is 237 g/mol. The van der Waals surface area contributed by atoms with Crippen molar-refractivity contribution < 1.29 is 19.0 Å². The summed E-state index contributed by atoms with van der Waals surface area (Å²) in [6.45, 7) is 6.40. The van der Waals surface area contributed by atoms with Crippen molar-refractivity contribution in [2.24, 2.45) is 0 Å².